The number of amides is 1. The second-order valence-corrected chi connectivity index (χ2v) is 6.61. The van der Waals surface area contributed by atoms with Gasteiger partial charge in [0.15, 0.2) is 5.78 Å². The van der Waals surface area contributed by atoms with E-state index in [-0.39, 0.29) is 17.2 Å². The summed E-state index contributed by atoms with van der Waals surface area (Å²) < 4.78 is 5.41. The second-order valence-electron chi connectivity index (χ2n) is 5.66. The molecule has 0 unspecified atom stereocenters. The van der Waals surface area contributed by atoms with Crippen LogP contribution < -0.4 is 0 Å². The van der Waals surface area contributed by atoms with Crippen molar-refractivity contribution in [2.24, 2.45) is 0 Å². The van der Waals surface area contributed by atoms with Crippen molar-refractivity contribution in [1.82, 2.24) is 4.90 Å². The number of carbonyl (C=O) groups excluding carboxylic acids is 2. The maximum absolute atomic E-state index is 12.2. The Hall–Kier alpha value is -1.20. The maximum atomic E-state index is 12.2. The van der Waals surface area contributed by atoms with E-state index in [1.54, 1.807) is 0 Å². The number of nitrogens with zero attached hydrogens (tertiary/aromatic N) is 1. The Balaban J connectivity index is 1.79. The number of morpholine rings is 1. The van der Waals surface area contributed by atoms with Crippen LogP contribution in [0.25, 0.3) is 0 Å². The predicted octanol–water partition coefficient (Wildman–Crippen LogP) is 2.74. The van der Waals surface area contributed by atoms with E-state index in [4.69, 9.17) is 4.74 Å². The van der Waals surface area contributed by atoms with Crippen LogP contribution in [0, 0.1) is 0 Å². The first-order valence-electron chi connectivity index (χ1n) is 6.95. The highest BCUT2D eigenvalue weighted by atomic mass is 32.1. The largest absolute Gasteiger partial charge is 0.377 e. The minimum Gasteiger partial charge on any atom is -0.377 e. The van der Waals surface area contributed by atoms with Gasteiger partial charge in [-0.3, -0.25) is 9.59 Å². The molecule has 1 aliphatic heterocycles. The molecule has 2 rings (SSSR count). The number of ketones is 1. The molecule has 4 nitrogen and oxygen atoms in total. The first-order chi connectivity index (χ1) is 9.50. The zero-order valence-electron chi connectivity index (χ0n) is 12.1. The lowest BCUT2D eigenvalue weighted by atomic mass is 10.0. The van der Waals surface area contributed by atoms with E-state index < -0.39 is 0 Å². The predicted molar refractivity (Wildman–Crippen MR) is 79.1 cm³/mol. The highest BCUT2D eigenvalue weighted by Gasteiger charge is 2.33. The summed E-state index contributed by atoms with van der Waals surface area (Å²) in [5.41, 5.74) is -0.243. The number of carbonyl (C=O) groups is 2. The van der Waals surface area contributed by atoms with E-state index in [9.17, 15) is 9.59 Å². The third-order valence-corrected chi connectivity index (χ3v) is 4.45. The maximum Gasteiger partial charge on any atom is 0.223 e. The van der Waals surface area contributed by atoms with Gasteiger partial charge in [-0.1, -0.05) is 6.07 Å². The lowest BCUT2D eigenvalue weighted by molar-refractivity contribution is -0.146. The summed E-state index contributed by atoms with van der Waals surface area (Å²) in [6.07, 6.45) is 1.49. The lowest BCUT2D eigenvalue weighted by Crippen LogP contribution is -2.55. The van der Waals surface area contributed by atoms with Gasteiger partial charge >= 0.3 is 0 Å². The van der Waals surface area contributed by atoms with Crippen molar-refractivity contribution in [1.29, 1.82) is 0 Å². The molecule has 0 radical (unpaired) electrons. The van der Waals surface area contributed by atoms with Crippen molar-refractivity contribution < 1.29 is 14.3 Å². The van der Waals surface area contributed by atoms with E-state index in [0.717, 1.165) is 4.88 Å². The van der Waals surface area contributed by atoms with E-state index in [1.165, 1.54) is 11.3 Å². The Morgan fingerprint density at radius 1 is 1.40 bits per heavy atom. The molecular weight excluding hydrogens is 274 g/mol. The molecular formula is C15H21NO3S. The third-order valence-electron chi connectivity index (χ3n) is 3.54. The van der Waals surface area contributed by atoms with Crippen molar-refractivity contribution in [2.75, 3.05) is 19.8 Å². The molecule has 1 aromatic heterocycles. The van der Waals surface area contributed by atoms with Gasteiger partial charge in [-0.15, -0.1) is 11.3 Å². The molecule has 2 heterocycles. The lowest BCUT2D eigenvalue weighted by Gasteiger charge is -2.42. The van der Waals surface area contributed by atoms with Gasteiger partial charge in [0.2, 0.25) is 5.91 Å². The van der Waals surface area contributed by atoms with Crippen LogP contribution in [-0.2, 0) is 9.53 Å². The van der Waals surface area contributed by atoms with Gasteiger partial charge in [0.1, 0.15) is 0 Å². The molecule has 1 aromatic rings. The molecule has 0 atom stereocenters. The molecule has 0 bridgehead atoms. The fraction of sp³-hybridized carbons (Fsp3) is 0.600. The molecule has 0 aromatic carbocycles. The van der Waals surface area contributed by atoms with Crippen LogP contribution in [-0.4, -0.2) is 41.9 Å². The molecule has 1 fully saturated rings. The molecule has 0 N–H and O–H groups in total. The molecule has 20 heavy (non-hydrogen) atoms. The molecule has 0 aliphatic carbocycles. The van der Waals surface area contributed by atoms with Crippen molar-refractivity contribution in [3.05, 3.63) is 22.4 Å². The molecule has 110 valence electrons. The Labute approximate surface area is 123 Å². The Bertz CT molecular complexity index is 467. The van der Waals surface area contributed by atoms with Crippen LogP contribution in [0.15, 0.2) is 17.5 Å². The minimum atomic E-state index is -0.243. The Kier molecular flexibility index (Phi) is 4.94. The zero-order valence-corrected chi connectivity index (χ0v) is 12.9. The Morgan fingerprint density at radius 2 is 2.20 bits per heavy atom. The Morgan fingerprint density at radius 3 is 2.85 bits per heavy atom. The highest BCUT2D eigenvalue weighted by Crippen LogP contribution is 2.21. The summed E-state index contributed by atoms with van der Waals surface area (Å²) in [7, 11) is 0. The summed E-state index contributed by atoms with van der Waals surface area (Å²) in [6.45, 7) is 5.85. The third kappa shape index (κ3) is 3.67. The van der Waals surface area contributed by atoms with E-state index in [2.05, 4.69) is 0 Å². The van der Waals surface area contributed by atoms with E-state index in [0.29, 0.717) is 39.0 Å². The SMILES string of the molecule is CC1(C)COCCN1C(=O)CCCC(=O)c1cccs1. The van der Waals surface area contributed by atoms with Gasteiger partial charge < -0.3 is 9.64 Å². The number of ether oxygens (including phenoxy) is 1. The number of hydrogen-bond acceptors (Lipinski definition) is 4. The summed E-state index contributed by atoms with van der Waals surface area (Å²) in [4.78, 5) is 26.8. The summed E-state index contributed by atoms with van der Waals surface area (Å²) in [6, 6.07) is 3.71. The minimum absolute atomic E-state index is 0.122. The fourth-order valence-corrected chi connectivity index (χ4v) is 3.11. The van der Waals surface area contributed by atoms with Crippen LogP contribution in [0.3, 0.4) is 0 Å². The van der Waals surface area contributed by atoms with Crippen LogP contribution in [0.5, 0.6) is 0 Å². The average Bonchev–Trinajstić information content (AvgIpc) is 2.91. The van der Waals surface area contributed by atoms with E-state index >= 15 is 0 Å². The first-order valence-corrected chi connectivity index (χ1v) is 7.83. The van der Waals surface area contributed by atoms with Crippen molar-refractivity contribution in [3.8, 4) is 0 Å². The zero-order chi connectivity index (χ0) is 14.6. The van der Waals surface area contributed by atoms with Gasteiger partial charge in [-0.25, -0.2) is 0 Å². The number of Topliss-reactive ketones (excluding diaryl/α,β-unsaturated/α-hetero) is 1. The van der Waals surface area contributed by atoms with E-state index in [1.807, 2.05) is 36.3 Å². The normalized spacial score (nSPS) is 18.0. The van der Waals surface area contributed by atoms with Crippen molar-refractivity contribution in [2.45, 2.75) is 38.6 Å². The van der Waals surface area contributed by atoms with Crippen LogP contribution in [0.4, 0.5) is 0 Å². The van der Waals surface area contributed by atoms with Gasteiger partial charge in [0.05, 0.1) is 23.6 Å². The van der Waals surface area contributed by atoms with Crippen LogP contribution in [0.2, 0.25) is 0 Å². The fourth-order valence-electron chi connectivity index (χ4n) is 2.42. The molecule has 0 saturated carbocycles. The van der Waals surface area contributed by atoms with Crippen molar-refractivity contribution >= 4 is 23.0 Å². The summed E-state index contributed by atoms with van der Waals surface area (Å²) >= 11 is 1.46. The number of rotatable bonds is 5. The molecule has 0 spiro atoms. The topological polar surface area (TPSA) is 46.6 Å². The molecule has 1 amide bonds. The summed E-state index contributed by atoms with van der Waals surface area (Å²) in [5, 5.41) is 1.90. The molecule has 5 heteroatoms. The standard InChI is InChI=1S/C15H21NO3S/c1-15(2)11-19-9-8-16(15)14(18)7-3-5-12(17)13-6-4-10-20-13/h4,6,10H,3,5,7-9,11H2,1-2H3. The molecule has 1 saturated heterocycles. The monoisotopic (exact) mass is 295 g/mol. The van der Waals surface area contributed by atoms with Gasteiger partial charge in [0, 0.05) is 19.4 Å². The van der Waals surface area contributed by atoms with Crippen LogP contribution in [0.1, 0.15) is 42.8 Å². The smallest absolute Gasteiger partial charge is 0.223 e. The summed E-state index contributed by atoms with van der Waals surface area (Å²) in [5.74, 6) is 0.256. The average molecular weight is 295 g/mol. The highest BCUT2D eigenvalue weighted by molar-refractivity contribution is 7.12. The van der Waals surface area contributed by atoms with Crippen molar-refractivity contribution in [3.63, 3.8) is 0 Å². The quantitative estimate of drug-likeness (QED) is 0.785. The van der Waals surface area contributed by atoms with Crippen LogP contribution >= 0.6 is 11.3 Å². The van der Waals surface area contributed by atoms with Gasteiger partial charge in [-0.2, -0.15) is 0 Å². The molecule has 1 aliphatic rings. The second kappa shape index (κ2) is 6.50. The number of hydrogen-bond donors (Lipinski definition) is 0. The first kappa shape index (κ1) is 15.2. The van der Waals surface area contributed by atoms with Gasteiger partial charge in [-0.05, 0) is 31.7 Å². The van der Waals surface area contributed by atoms with Gasteiger partial charge in [0.25, 0.3) is 0 Å². The number of thiophene rings is 1.